The second-order valence-electron chi connectivity index (χ2n) is 3.72. The van der Waals surface area contributed by atoms with E-state index in [1.54, 1.807) is 18.2 Å². The summed E-state index contributed by atoms with van der Waals surface area (Å²) in [5, 5.41) is 1.13. The first-order valence-electron chi connectivity index (χ1n) is 5.11. The quantitative estimate of drug-likeness (QED) is 0.737. The van der Waals surface area contributed by atoms with E-state index in [2.05, 4.69) is 0 Å². The SMILES string of the molecule is Clc1cc(Cl)cc(B2Oc3ccccc3O2)c1. The zero-order valence-corrected chi connectivity index (χ0v) is 10.2. The van der Waals surface area contributed by atoms with Gasteiger partial charge in [-0.1, -0.05) is 35.3 Å². The molecule has 3 rings (SSSR count). The Balaban J connectivity index is 1.93. The lowest BCUT2D eigenvalue weighted by molar-refractivity contribution is 0.519. The van der Waals surface area contributed by atoms with Gasteiger partial charge in [0, 0.05) is 15.5 Å². The maximum Gasteiger partial charge on any atom is 0.632 e. The fourth-order valence-corrected chi connectivity index (χ4v) is 2.29. The molecule has 1 aliphatic heterocycles. The normalized spacial score (nSPS) is 12.9. The van der Waals surface area contributed by atoms with Gasteiger partial charge < -0.3 is 9.31 Å². The predicted octanol–water partition coefficient (Wildman–Crippen LogP) is 3.16. The molecule has 0 saturated carbocycles. The summed E-state index contributed by atoms with van der Waals surface area (Å²) in [5.74, 6) is 1.46. The molecule has 1 aliphatic rings. The van der Waals surface area contributed by atoms with Crippen LogP contribution in [0.4, 0.5) is 0 Å². The van der Waals surface area contributed by atoms with Crippen molar-refractivity contribution in [2.24, 2.45) is 0 Å². The summed E-state index contributed by atoms with van der Waals surface area (Å²) in [6, 6.07) is 12.8. The van der Waals surface area contributed by atoms with E-state index in [4.69, 9.17) is 32.5 Å². The molecule has 0 saturated heterocycles. The van der Waals surface area contributed by atoms with Crippen molar-refractivity contribution in [1.82, 2.24) is 0 Å². The Bertz CT molecular complexity index is 529. The summed E-state index contributed by atoms with van der Waals surface area (Å²) in [4.78, 5) is 0. The lowest BCUT2D eigenvalue weighted by Gasteiger charge is -2.05. The van der Waals surface area contributed by atoms with Crippen LogP contribution in [-0.2, 0) is 0 Å². The van der Waals surface area contributed by atoms with E-state index in [0.29, 0.717) is 10.0 Å². The highest BCUT2D eigenvalue weighted by molar-refractivity contribution is 6.64. The van der Waals surface area contributed by atoms with Gasteiger partial charge in [0.1, 0.15) is 11.5 Å². The Labute approximate surface area is 109 Å². The summed E-state index contributed by atoms with van der Waals surface area (Å²) >= 11 is 11.9. The van der Waals surface area contributed by atoms with Gasteiger partial charge in [0.15, 0.2) is 0 Å². The number of para-hydroxylation sites is 2. The minimum atomic E-state index is -0.483. The standard InChI is InChI=1S/C12H7BCl2O2/c14-9-5-8(6-10(15)7-9)13-16-11-3-1-2-4-12(11)17-13/h1-7H. The summed E-state index contributed by atoms with van der Waals surface area (Å²) < 4.78 is 11.3. The van der Waals surface area contributed by atoms with Crippen LogP contribution in [-0.4, -0.2) is 7.12 Å². The van der Waals surface area contributed by atoms with Gasteiger partial charge in [0.05, 0.1) is 0 Å². The van der Waals surface area contributed by atoms with E-state index in [0.717, 1.165) is 17.0 Å². The van der Waals surface area contributed by atoms with E-state index < -0.39 is 7.12 Å². The van der Waals surface area contributed by atoms with Crippen LogP contribution < -0.4 is 14.8 Å². The molecule has 1 heterocycles. The minimum absolute atomic E-state index is 0.483. The first kappa shape index (κ1) is 10.8. The van der Waals surface area contributed by atoms with Crippen LogP contribution in [0.25, 0.3) is 0 Å². The van der Waals surface area contributed by atoms with Crippen molar-refractivity contribution >= 4 is 35.8 Å². The average molecular weight is 265 g/mol. The van der Waals surface area contributed by atoms with Crippen LogP contribution in [0.5, 0.6) is 11.5 Å². The molecule has 2 nitrogen and oxygen atoms in total. The molecular weight excluding hydrogens is 258 g/mol. The van der Waals surface area contributed by atoms with Crippen LogP contribution >= 0.6 is 23.2 Å². The topological polar surface area (TPSA) is 18.5 Å². The fraction of sp³-hybridized carbons (Fsp3) is 0. The molecule has 2 aromatic carbocycles. The van der Waals surface area contributed by atoms with Gasteiger partial charge in [-0.3, -0.25) is 0 Å². The molecule has 0 N–H and O–H groups in total. The average Bonchev–Trinajstić information content (AvgIpc) is 2.71. The Kier molecular flexibility index (Phi) is 2.65. The molecule has 5 heteroatoms. The van der Waals surface area contributed by atoms with Crippen molar-refractivity contribution in [3.8, 4) is 11.5 Å². The number of hydrogen-bond donors (Lipinski definition) is 0. The highest BCUT2D eigenvalue weighted by atomic mass is 35.5. The van der Waals surface area contributed by atoms with Crippen LogP contribution in [0.3, 0.4) is 0 Å². The second-order valence-corrected chi connectivity index (χ2v) is 4.59. The van der Waals surface area contributed by atoms with E-state index >= 15 is 0 Å². The van der Waals surface area contributed by atoms with Crippen molar-refractivity contribution in [2.75, 3.05) is 0 Å². The van der Waals surface area contributed by atoms with Crippen molar-refractivity contribution < 1.29 is 9.31 Å². The first-order valence-corrected chi connectivity index (χ1v) is 5.86. The van der Waals surface area contributed by atoms with Crippen LogP contribution in [0, 0.1) is 0 Å². The maximum absolute atomic E-state index is 5.94. The van der Waals surface area contributed by atoms with Crippen molar-refractivity contribution in [3.63, 3.8) is 0 Å². The predicted molar refractivity (Wildman–Crippen MR) is 69.5 cm³/mol. The molecule has 2 aromatic rings. The number of fused-ring (bicyclic) bond motifs is 1. The number of halogens is 2. The molecule has 0 amide bonds. The summed E-state index contributed by atoms with van der Waals surface area (Å²) in [7, 11) is -0.483. The number of hydrogen-bond acceptors (Lipinski definition) is 2. The lowest BCUT2D eigenvalue weighted by atomic mass is 9.79. The van der Waals surface area contributed by atoms with Crippen molar-refractivity contribution in [3.05, 3.63) is 52.5 Å². The summed E-state index contributed by atoms with van der Waals surface area (Å²) in [6.07, 6.45) is 0. The molecule has 0 bridgehead atoms. The van der Waals surface area contributed by atoms with Gasteiger partial charge in [-0.25, -0.2) is 0 Å². The smallest absolute Gasteiger partial charge is 0.519 e. The Hall–Kier alpha value is -1.32. The maximum atomic E-state index is 5.94. The van der Waals surface area contributed by atoms with Gasteiger partial charge in [-0.15, -0.1) is 0 Å². The number of benzene rings is 2. The van der Waals surface area contributed by atoms with Crippen molar-refractivity contribution in [2.45, 2.75) is 0 Å². The highest BCUT2D eigenvalue weighted by Crippen LogP contribution is 2.32. The minimum Gasteiger partial charge on any atom is -0.519 e. The molecular formula is C12H7BCl2O2. The molecule has 0 aromatic heterocycles. The zero-order chi connectivity index (χ0) is 11.8. The van der Waals surface area contributed by atoms with Gasteiger partial charge in [0.2, 0.25) is 0 Å². The zero-order valence-electron chi connectivity index (χ0n) is 8.69. The van der Waals surface area contributed by atoms with E-state index in [1.165, 1.54) is 0 Å². The third-order valence-corrected chi connectivity index (χ3v) is 2.91. The molecule has 0 unspecified atom stereocenters. The van der Waals surface area contributed by atoms with E-state index in [9.17, 15) is 0 Å². The van der Waals surface area contributed by atoms with Crippen molar-refractivity contribution in [1.29, 1.82) is 0 Å². The second kappa shape index (κ2) is 4.17. The van der Waals surface area contributed by atoms with Crippen LogP contribution in [0.15, 0.2) is 42.5 Å². The van der Waals surface area contributed by atoms with Crippen LogP contribution in [0.1, 0.15) is 0 Å². The largest absolute Gasteiger partial charge is 0.632 e. The van der Waals surface area contributed by atoms with Gasteiger partial charge in [0.25, 0.3) is 0 Å². The molecule has 0 radical (unpaired) electrons. The van der Waals surface area contributed by atoms with E-state index in [1.807, 2.05) is 24.3 Å². The molecule has 0 aliphatic carbocycles. The summed E-state index contributed by atoms with van der Waals surface area (Å²) in [6.45, 7) is 0. The lowest BCUT2D eigenvalue weighted by Crippen LogP contribution is -2.39. The molecule has 17 heavy (non-hydrogen) atoms. The van der Waals surface area contributed by atoms with Gasteiger partial charge in [-0.05, 0) is 30.3 Å². The van der Waals surface area contributed by atoms with Gasteiger partial charge >= 0.3 is 7.12 Å². The van der Waals surface area contributed by atoms with Gasteiger partial charge in [-0.2, -0.15) is 0 Å². The molecule has 0 atom stereocenters. The monoisotopic (exact) mass is 264 g/mol. The Morgan fingerprint density at radius 1 is 0.824 bits per heavy atom. The molecule has 0 fully saturated rings. The van der Waals surface area contributed by atoms with E-state index in [-0.39, 0.29) is 0 Å². The summed E-state index contributed by atoms with van der Waals surface area (Å²) in [5.41, 5.74) is 0.804. The Morgan fingerprint density at radius 2 is 1.35 bits per heavy atom. The highest BCUT2D eigenvalue weighted by Gasteiger charge is 2.34. The third-order valence-electron chi connectivity index (χ3n) is 2.47. The molecule has 84 valence electrons. The fourth-order valence-electron chi connectivity index (χ4n) is 1.75. The molecule has 0 spiro atoms. The Morgan fingerprint density at radius 3 is 1.88 bits per heavy atom. The third kappa shape index (κ3) is 2.08. The first-order chi connectivity index (χ1) is 8.22. The van der Waals surface area contributed by atoms with Crippen LogP contribution in [0.2, 0.25) is 10.0 Å². The number of rotatable bonds is 1.